The first-order valence-electron chi connectivity index (χ1n) is 4.47. The van der Waals surface area contributed by atoms with Gasteiger partial charge in [-0.15, -0.1) is 0 Å². The quantitative estimate of drug-likeness (QED) is 0.434. The van der Waals surface area contributed by atoms with Crippen molar-refractivity contribution in [3.8, 4) is 0 Å². The molecule has 0 bridgehead atoms. The van der Waals surface area contributed by atoms with Crippen LogP contribution in [0.3, 0.4) is 0 Å². The highest BCUT2D eigenvalue weighted by molar-refractivity contribution is 8.54. The fourth-order valence-corrected chi connectivity index (χ4v) is 2.32. The summed E-state index contributed by atoms with van der Waals surface area (Å²) in [6, 6.07) is 0. The summed E-state index contributed by atoms with van der Waals surface area (Å²) in [5.74, 6) is 0.469. The third-order valence-electron chi connectivity index (χ3n) is 1.50. The van der Waals surface area contributed by atoms with Crippen molar-refractivity contribution in [2.75, 3.05) is 18.8 Å². The minimum Gasteiger partial charge on any atom is -0.317 e. The van der Waals surface area contributed by atoms with E-state index in [2.05, 4.69) is 12.2 Å². The van der Waals surface area contributed by atoms with Crippen LogP contribution in [0, 0.1) is 0 Å². The molecule has 0 amide bonds. The summed E-state index contributed by atoms with van der Waals surface area (Å²) in [4.78, 5) is 17.0. The van der Waals surface area contributed by atoms with E-state index < -0.39 is 6.80 Å². The predicted molar refractivity (Wildman–Crippen MR) is 56.9 cm³/mol. The molecule has 0 atom stereocenters. The Morgan fingerprint density at radius 3 is 2.54 bits per heavy atom. The predicted octanol–water partition coefficient (Wildman–Crippen LogP) is 1.59. The first-order valence-corrected chi connectivity index (χ1v) is 7.67. The third-order valence-corrected chi connectivity index (χ3v) is 3.78. The van der Waals surface area contributed by atoms with Gasteiger partial charge in [-0.1, -0.05) is 19.8 Å². The molecule has 0 saturated carbocycles. The van der Waals surface area contributed by atoms with Crippen molar-refractivity contribution in [3.63, 3.8) is 0 Å². The zero-order valence-electron chi connectivity index (χ0n) is 7.90. The molecule has 3 N–H and O–H groups in total. The van der Waals surface area contributed by atoms with E-state index in [-0.39, 0.29) is 0 Å². The minimum atomic E-state index is -3.85. The fraction of sp³-hybridized carbons (Fsp3) is 1.00. The Bertz CT molecular complexity index is 162. The van der Waals surface area contributed by atoms with Crippen molar-refractivity contribution in [2.45, 2.75) is 26.2 Å². The van der Waals surface area contributed by atoms with Crippen LogP contribution >= 0.6 is 18.2 Å². The van der Waals surface area contributed by atoms with Gasteiger partial charge in [0.2, 0.25) is 0 Å². The van der Waals surface area contributed by atoms with Crippen molar-refractivity contribution in [1.82, 2.24) is 5.32 Å². The number of rotatable bonds is 8. The maximum Gasteiger partial charge on any atom is 0.384 e. The van der Waals surface area contributed by atoms with Gasteiger partial charge < -0.3 is 15.1 Å². The Morgan fingerprint density at radius 2 is 2.00 bits per heavy atom. The molecular weight excluding hydrogens is 209 g/mol. The molecule has 4 nitrogen and oxygen atoms in total. The van der Waals surface area contributed by atoms with E-state index >= 15 is 0 Å². The van der Waals surface area contributed by atoms with Crippen molar-refractivity contribution in [3.05, 3.63) is 0 Å². The number of hydrogen-bond donors (Lipinski definition) is 3. The Hall–Kier alpha value is 0.460. The normalized spacial score (nSPS) is 11.9. The summed E-state index contributed by atoms with van der Waals surface area (Å²) in [6.07, 6.45) is 3.54. The SMILES string of the molecule is CCCCCNCCSP(=O)(O)O. The Labute approximate surface area is 83.4 Å². The lowest BCUT2D eigenvalue weighted by atomic mass is 10.2. The topological polar surface area (TPSA) is 69.6 Å². The van der Waals surface area contributed by atoms with Gasteiger partial charge in [0.05, 0.1) is 0 Å². The highest BCUT2D eigenvalue weighted by Gasteiger charge is 2.11. The summed E-state index contributed by atoms with van der Waals surface area (Å²) in [6.45, 7) is -0.102. The van der Waals surface area contributed by atoms with E-state index in [0.29, 0.717) is 23.7 Å². The average molecular weight is 227 g/mol. The van der Waals surface area contributed by atoms with Gasteiger partial charge in [0.25, 0.3) is 0 Å². The molecule has 0 radical (unpaired) electrons. The molecule has 6 heteroatoms. The molecule has 0 aromatic carbocycles. The zero-order chi connectivity index (χ0) is 10.2. The zero-order valence-corrected chi connectivity index (χ0v) is 9.61. The van der Waals surface area contributed by atoms with Crippen LogP contribution in [0.4, 0.5) is 0 Å². The van der Waals surface area contributed by atoms with Crippen molar-refractivity contribution in [2.24, 2.45) is 0 Å². The van der Waals surface area contributed by atoms with Crippen LogP contribution in [0.25, 0.3) is 0 Å². The van der Waals surface area contributed by atoms with Crippen LogP contribution in [-0.2, 0) is 4.57 Å². The first kappa shape index (κ1) is 13.5. The van der Waals surface area contributed by atoms with Crippen molar-refractivity contribution >= 4 is 18.2 Å². The molecule has 0 aliphatic rings. The molecule has 0 aliphatic carbocycles. The standard InChI is InChI=1S/C7H18NO3PS/c1-2-3-4-5-8-6-7-13-12(9,10)11/h8H,2-7H2,1H3,(H2,9,10,11). The first-order chi connectivity index (χ1) is 6.06. The summed E-state index contributed by atoms with van der Waals surface area (Å²) in [5.41, 5.74) is 0. The highest BCUT2D eigenvalue weighted by Crippen LogP contribution is 2.49. The van der Waals surface area contributed by atoms with Gasteiger partial charge in [-0.3, -0.25) is 0 Å². The third kappa shape index (κ3) is 12.5. The van der Waals surface area contributed by atoms with Gasteiger partial charge in [0, 0.05) is 12.3 Å². The molecule has 80 valence electrons. The van der Waals surface area contributed by atoms with E-state index in [1.807, 2.05) is 0 Å². The maximum atomic E-state index is 10.4. The smallest absolute Gasteiger partial charge is 0.317 e. The molecule has 0 aliphatic heterocycles. The second-order valence-corrected chi connectivity index (χ2v) is 6.63. The Kier molecular flexibility index (Phi) is 8.10. The van der Waals surface area contributed by atoms with E-state index in [0.717, 1.165) is 13.0 Å². The molecule has 0 rings (SSSR count). The van der Waals surface area contributed by atoms with Crippen LogP contribution < -0.4 is 5.32 Å². The largest absolute Gasteiger partial charge is 0.384 e. The van der Waals surface area contributed by atoms with Gasteiger partial charge in [-0.25, -0.2) is 4.57 Å². The second kappa shape index (κ2) is 7.83. The molecule has 0 aromatic heterocycles. The van der Waals surface area contributed by atoms with Crippen molar-refractivity contribution in [1.29, 1.82) is 0 Å². The number of hydrogen-bond acceptors (Lipinski definition) is 3. The summed E-state index contributed by atoms with van der Waals surface area (Å²) in [7, 11) is 0. The number of nitrogens with one attached hydrogen (secondary N) is 1. The van der Waals surface area contributed by atoms with E-state index in [9.17, 15) is 4.57 Å². The molecular formula is C7H18NO3PS. The molecule has 0 fully saturated rings. The molecule has 0 saturated heterocycles. The van der Waals surface area contributed by atoms with E-state index in [1.54, 1.807) is 0 Å². The summed E-state index contributed by atoms with van der Waals surface area (Å²) >= 11 is 0.702. The van der Waals surface area contributed by atoms with E-state index in [1.165, 1.54) is 12.8 Å². The minimum absolute atomic E-state index is 0.469. The van der Waals surface area contributed by atoms with Gasteiger partial charge >= 0.3 is 6.80 Å². The lowest BCUT2D eigenvalue weighted by Crippen LogP contribution is -2.18. The lowest BCUT2D eigenvalue weighted by molar-refractivity contribution is 0.397. The van der Waals surface area contributed by atoms with Gasteiger partial charge in [-0.05, 0) is 24.3 Å². The van der Waals surface area contributed by atoms with Gasteiger partial charge in [0.15, 0.2) is 0 Å². The molecule has 13 heavy (non-hydrogen) atoms. The van der Waals surface area contributed by atoms with Crippen LogP contribution in [-0.4, -0.2) is 28.6 Å². The second-order valence-electron chi connectivity index (χ2n) is 2.78. The Morgan fingerprint density at radius 1 is 1.31 bits per heavy atom. The molecule has 0 aromatic rings. The highest BCUT2D eigenvalue weighted by atomic mass is 32.7. The molecule has 0 heterocycles. The van der Waals surface area contributed by atoms with Crippen LogP contribution in [0.1, 0.15) is 26.2 Å². The fourth-order valence-electron chi connectivity index (χ4n) is 0.862. The van der Waals surface area contributed by atoms with E-state index in [4.69, 9.17) is 9.79 Å². The van der Waals surface area contributed by atoms with Gasteiger partial charge in [-0.2, -0.15) is 0 Å². The van der Waals surface area contributed by atoms with Gasteiger partial charge in [0.1, 0.15) is 0 Å². The maximum absolute atomic E-state index is 10.4. The van der Waals surface area contributed by atoms with Crippen LogP contribution in [0.5, 0.6) is 0 Å². The average Bonchev–Trinajstić information content (AvgIpc) is 2.01. The van der Waals surface area contributed by atoms with Crippen LogP contribution in [0.2, 0.25) is 0 Å². The summed E-state index contributed by atoms with van der Waals surface area (Å²) in [5, 5.41) is 3.13. The molecule has 0 spiro atoms. The van der Waals surface area contributed by atoms with Crippen LogP contribution in [0.15, 0.2) is 0 Å². The summed E-state index contributed by atoms with van der Waals surface area (Å²) < 4.78 is 10.4. The lowest BCUT2D eigenvalue weighted by Gasteiger charge is -2.04. The molecule has 0 unspecified atom stereocenters. The monoisotopic (exact) mass is 227 g/mol. The van der Waals surface area contributed by atoms with Crippen molar-refractivity contribution < 1.29 is 14.4 Å². The number of unbranched alkanes of at least 4 members (excludes halogenated alkanes) is 2. The Balaban J connectivity index is 3.04.